The number of rotatable bonds is 6. The Morgan fingerprint density at radius 2 is 2.00 bits per heavy atom. The van der Waals surface area contributed by atoms with Crippen molar-refractivity contribution >= 4 is 28.6 Å². The van der Waals surface area contributed by atoms with Gasteiger partial charge in [-0.25, -0.2) is 4.98 Å². The lowest BCUT2D eigenvalue weighted by Crippen LogP contribution is -2.24. The third-order valence-corrected chi connectivity index (χ3v) is 6.39. The molecule has 1 N–H and O–H groups in total. The van der Waals surface area contributed by atoms with E-state index < -0.39 is 0 Å². The summed E-state index contributed by atoms with van der Waals surface area (Å²) in [6.07, 6.45) is 3.79. The Bertz CT molecular complexity index is 1390. The van der Waals surface area contributed by atoms with Gasteiger partial charge >= 0.3 is 0 Å². The van der Waals surface area contributed by atoms with Crippen LogP contribution in [0.25, 0.3) is 33.5 Å². The molecule has 1 fully saturated rings. The number of ether oxygens (including phenoxy) is 1. The minimum absolute atomic E-state index is 0.158. The maximum Gasteiger partial charge on any atom is 0.260 e. The molecule has 1 aliphatic rings. The van der Waals surface area contributed by atoms with Crippen molar-refractivity contribution in [3.8, 4) is 22.5 Å². The predicted molar refractivity (Wildman–Crippen MR) is 130 cm³/mol. The molecule has 1 aliphatic heterocycles. The third-order valence-electron chi connectivity index (χ3n) is 6.08. The first-order valence-electron chi connectivity index (χ1n) is 11.4. The van der Waals surface area contributed by atoms with Crippen molar-refractivity contribution in [1.82, 2.24) is 24.7 Å². The summed E-state index contributed by atoms with van der Waals surface area (Å²) in [7, 11) is 0. The van der Waals surface area contributed by atoms with E-state index in [0.29, 0.717) is 57.5 Å². The summed E-state index contributed by atoms with van der Waals surface area (Å²) < 4.78 is 12.1. The Morgan fingerprint density at radius 3 is 2.71 bits per heavy atom. The number of anilines is 1. The summed E-state index contributed by atoms with van der Waals surface area (Å²) >= 11 is 6.60. The van der Waals surface area contributed by atoms with Gasteiger partial charge in [-0.3, -0.25) is 9.36 Å². The van der Waals surface area contributed by atoms with E-state index in [1.807, 2.05) is 13.0 Å². The molecule has 0 atom stereocenters. The molecule has 4 aromatic rings. The topological polar surface area (TPSA) is 108 Å². The number of fused-ring (bicyclic) bond motifs is 1. The van der Waals surface area contributed by atoms with E-state index in [9.17, 15) is 4.79 Å². The fourth-order valence-corrected chi connectivity index (χ4v) is 4.49. The Hall–Kier alpha value is -3.30. The number of nitrogens with one attached hydrogen (secondary N) is 1. The van der Waals surface area contributed by atoms with Crippen LogP contribution >= 0.6 is 11.6 Å². The Kier molecular flexibility index (Phi) is 6.30. The fourth-order valence-electron chi connectivity index (χ4n) is 4.21. The van der Waals surface area contributed by atoms with Gasteiger partial charge in [-0.15, -0.1) is 0 Å². The maximum absolute atomic E-state index is 13.4. The molecule has 1 saturated heterocycles. The summed E-state index contributed by atoms with van der Waals surface area (Å²) in [6.45, 7) is 6.49. The lowest BCUT2D eigenvalue weighted by molar-refractivity contribution is 0.0699. The van der Waals surface area contributed by atoms with Crippen molar-refractivity contribution in [3.63, 3.8) is 0 Å². The maximum atomic E-state index is 13.4. The van der Waals surface area contributed by atoms with Crippen molar-refractivity contribution < 1.29 is 9.26 Å². The number of aromatic nitrogens is 5. The zero-order valence-electron chi connectivity index (χ0n) is 19.0. The van der Waals surface area contributed by atoms with Gasteiger partial charge in [0.2, 0.25) is 17.7 Å². The first-order chi connectivity index (χ1) is 16.5. The van der Waals surface area contributed by atoms with E-state index in [4.69, 9.17) is 20.9 Å². The van der Waals surface area contributed by atoms with Gasteiger partial charge in [0.25, 0.3) is 5.56 Å². The van der Waals surface area contributed by atoms with Gasteiger partial charge in [-0.05, 0) is 37.8 Å². The van der Waals surface area contributed by atoms with Gasteiger partial charge in [0, 0.05) is 66.5 Å². The molecule has 176 valence electrons. The third kappa shape index (κ3) is 4.41. The minimum Gasteiger partial charge on any atom is -0.381 e. The zero-order chi connectivity index (χ0) is 23.7. The van der Waals surface area contributed by atoms with Gasteiger partial charge in [0.15, 0.2) is 0 Å². The van der Waals surface area contributed by atoms with Gasteiger partial charge in [-0.2, -0.15) is 9.97 Å². The SMILES string of the molecule is CCn1c(=O)c(-c2ccc(-c3noc(C)n3)cc2Cl)cc2cnc(NCC3CCOCC3)nc21. The highest BCUT2D eigenvalue weighted by molar-refractivity contribution is 6.33. The van der Waals surface area contributed by atoms with Crippen molar-refractivity contribution in [2.45, 2.75) is 33.2 Å². The second-order valence-electron chi connectivity index (χ2n) is 8.35. The molecule has 0 unspecified atom stereocenters. The summed E-state index contributed by atoms with van der Waals surface area (Å²) in [5, 5.41) is 8.44. The Morgan fingerprint density at radius 1 is 1.18 bits per heavy atom. The lowest BCUT2D eigenvalue weighted by Gasteiger charge is -2.22. The summed E-state index contributed by atoms with van der Waals surface area (Å²) in [5.41, 5.74) is 2.26. The van der Waals surface area contributed by atoms with E-state index >= 15 is 0 Å². The van der Waals surface area contributed by atoms with Crippen LogP contribution in [0.5, 0.6) is 0 Å². The van der Waals surface area contributed by atoms with Crippen LogP contribution in [-0.4, -0.2) is 44.4 Å². The second-order valence-corrected chi connectivity index (χ2v) is 8.76. The lowest BCUT2D eigenvalue weighted by atomic mass is 10.0. The molecule has 1 aromatic carbocycles. The summed E-state index contributed by atoms with van der Waals surface area (Å²) in [6, 6.07) is 7.16. The molecule has 3 aromatic heterocycles. The number of hydrogen-bond donors (Lipinski definition) is 1. The first kappa shape index (κ1) is 22.5. The first-order valence-corrected chi connectivity index (χ1v) is 11.7. The smallest absolute Gasteiger partial charge is 0.260 e. The molecule has 10 heteroatoms. The standard InChI is InChI=1S/C24H25ClN6O3/c1-3-31-22-17(13-27-24(29-22)26-12-15-6-8-33-9-7-15)10-19(23(31)32)18-5-4-16(11-20(18)25)21-28-14(2)34-30-21/h4-5,10-11,13,15H,3,6-9,12H2,1-2H3,(H,26,27,29). The number of pyridine rings is 1. The normalized spacial score (nSPS) is 14.6. The van der Waals surface area contributed by atoms with Crippen LogP contribution in [0.4, 0.5) is 5.95 Å². The average Bonchev–Trinajstić information content (AvgIpc) is 3.29. The van der Waals surface area contributed by atoms with Crippen LogP contribution in [0, 0.1) is 12.8 Å². The van der Waals surface area contributed by atoms with Crippen LogP contribution in [0.3, 0.4) is 0 Å². The number of nitrogens with zero attached hydrogens (tertiary/aromatic N) is 5. The van der Waals surface area contributed by atoms with Crippen LogP contribution in [0.2, 0.25) is 5.02 Å². The van der Waals surface area contributed by atoms with Crippen LogP contribution < -0.4 is 10.9 Å². The molecule has 0 spiro atoms. The molecular formula is C24H25ClN6O3. The van der Waals surface area contributed by atoms with E-state index in [0.717, 1.165) is 38.0 Å². The highest BCUT2D eigenvalue weighted by Gasteiger charge is 2.17. The van der Waals surface area contributed by atoms with E-state index in [-0.39, 0.29) is 5.56 Å². The van der Waals surface area contributed by atoms with Crippen LogP contribution in [0.15, 0.2) is 39.8 Å². The molecule has 34 heavy (non-hydrogen) atoms. The molecule has 0 bridgehead atoms. The number of hydrogen-bond acceptors (Lipinski definition) is 8. The van der Waals surface area contributed by atoms with Crippen LogP contribution in [-0.2, 0) is 11.3 Å². The number of benzene rings is 1. The van der Waals surface area contributed by atoms with Crippen molar-refractivity contribution in [2.24, 2.45) is 5.92 Å². The van der Waals surface area contributed by atoms with Gasteiger partial charge in [0.05, 0.1) is 0 Å². The second kappa shape index (κ2) is 9.52. The molecule has 0 amide bonds. The minimum atomic E-state index is -0.158. The predicted octanol–water partition coefficient (Wildman–Crippen LogP) is 4.33. The number of aryl methyl sites for hydroxylation is 2. The van der Waals surface area contributed by atoms with Gasteiger partial charge in [0.1, 0.15) is 5.65 Å². The van der Waals surface area contributed by atoms with Crippen molar-refractivity contribution in [2.75, 3.05) is 25.1 Å². The Labute approximate surface area is 201 Å². The molecule has 5 rings (SSSR count). The molecule has 4 heterocycles. The van der Waals surface area contributed by atoms with Crippen LogP contribution in [0.1, 0.15) is 25.7 Å². The van der Waals surface area contributed by atoms with Gasteiger partial charge < -0.3 is 14.6 Å². The van der Waals surface area contributed by atoms with E-state index in [1.165, 1.54) is 0 Å². The summed E-state index contributed by atoms with van der Waals surface area (Å²) in [4.78, 5) is 26.8. The molecule has 0 saturated carbocycles. The fraction of sp³-hybridized carbons (Fsp3) is 0.375. The van der Waals surface area contributed by atoms with Gasteiger partial charge in [-0.1, -0.05) is 28.9 Å². The van der Waals surface area contributed by atoms with E-state index in [2.05, 4.69) is 25.4 Å². The highest BCUT2D eigenvalue weighted by atomic mass is 35.5. The van der Waals surface area contributed by atoms with Crippen molar-refractivity contribution in [3.05, 3.63) is 51.7 Å². The highest BCUT2D eigenvalue weighted by Crippen LogP contribution is 2.31. The summed E-state index contributed by atoms with van der Waals surface area (Å²) in [5.74, 6) is 1.97. The number of halogens is 1. The monoisotopic (exact) mass is 480 g/mol. The average molecular weight is 481 g/mol. The molecule has 0 aliphatic carbocycles. The molecule has 0 radical (unpaired) electrons. The van der Waals surface area contributed by atoms with E-state index in [1.54, 1.807) is 35.9 Å². The Balaban J connectivity index is 1.49. The zero-order valence-corrected chi connectivity index (χ0v) is 19.8. The molecule has 9 nitrogen and oxygen atoms in total. The molecular weight excluding hydrogens is 456 g/mol. The largest absolute Gasteiger partial charge is 0.381 e. The van der Waals surface area contributed by atoms with Crippen molar-refractivity contribution in [1.29, 1.82) is 0 Å². The quantitative estimate of drug-likeness (QED) is 0.434.